The van der Waals surface area contributed by atoms with Crippen LogP contribution in [0.3, 0.4) is 0 Å². The van der Waals surface area contributed by atoms with E-state index in [0.717, 1.165) is 30.0 Å². The fourth-order valence-electron chi connectivity index (χ4n) is 2.84. The first-order valence-electron chi connectivity index (χ1n) is 8.42. The van der Waals surface area contributed by atoms with Crippen molar-refractivity contribution >= 4 is 40.0 Å². The Labute approximate surface area is 156 Å². The monoisotopic (exact) mass is 363 g/mol. The van der Waals surface area contributed by atoms with E-state index in [-0.39, 0.29) is 0 Å². The van der Waals surface area contributed by atoms with Gasteiger partial charge in [-0.3, -0.25) is 0 Å². The van der Waals surface area contributed by atoms with Gasteiger partial charge in [-0.2, -0.15) is 4.98 Å². The molecule has 4 aromatic rings. The molecular weight excluding hydrogens is 346 g/mol. The van der Waals surface area contributed by atoms with E-state index < -0.39 is 0 Å². The molecule has 3 N–H and O–H groups in total. The number of fused-ring (bicyclic) bond motifs is 1. The van der Waals surface area contributed by atoms with E-state index in [1.165, 1.54) is 10.9 Å². The van der Waals surface area contributed by atoms with Crippen LogP contribution in [0.2, 0.25) is 5.02 Å². The van der Waals surface area contributed by atoms with Crippen LogP contribution in [0.25, 0.3) is 10.9 Å². The van der Waals surface area contributed by atoms with E-state index in [2.05, 4.69) is 50.0 Å². The number of halogens is 1. The third-order valence-electron chi connectivity index (χ3n) is 4.12. The van der Waals surface area contributed by atoms with Crippen molar-refractivity contribution in [3.63, 3.8) is 0 Å². The Morgan fingerprint density at radius 2 is 1.85 bits per heavy atom. The second-order valence-corrected chi connectivity index (χ2v) is 6.37. The minimum Gasteiger partial charge on any atom is -0.361 e. The Balaban J connectivity index is 1.38. The molecule has 0 aliphatic heterocycles. The number of H-pyrrole nitrogens is 1. The van der Waals surface area contributed by atoms with Gasteiger partial charge in [0.15, 0.2) is 0 Å². The number of aromatic nitrogens is 3. The van der Waals surface area contributed by atoms with Crippen LogP contribution in [-0.2, 0) is 6.42 Å². The fourth-order valence-corrected chi connectivity index (χ4v) is 2.97. The second kappa shape index (κ2) is 7.45. The number of hydrogen-bond donors (Lipinski definition) is 3. The Bertz CT molecular complexity index is 1010. The first kappa shape index (κ1) is 16.4. The van der Waals surface area contributed by atoms with Gasteiger partial charge in [-0.05, 0) is 48.4 Å². The van der Waals surface area contributed by atoms with Crippen molar-refractivity contribution in [1.29, 1.82) is 0 Å². The highest BCUT2D eigenvalue weighted by Crippen LogP contribution is 2.19. The number of anilines is 3. The van der Waals surface area contributed by atoms with Gasteiger partial charge in [-0.15, -0.1) is 0 Å². The zero-order chi connectivity index (χ0) is 17.8. The molecule has 0 fully saturated rings. The summed E-state index contributed by atoms with van der Waals surface area (Å²) in [6.07, 6.45) is 4.69. The van der Waals surface area contributed by atoms with Crippen LogP contribution in [0, 0.1) is 0 Å². The number of hydrogen-bond acceptors (Lipinski definition) is 4. The summed E-state index contributed by atoms with van der Waals surface area (Å²) in [5.74, 6) is 1.33. The summed E-state index contributed by atoms with van der Waals surface area (Å²) in [5.41, 5.74) is 3.37. The number of rotatable bonds is 6. The third-order valence-corrected chi connectivity index (χ3v) is 4.38. The van der Waals surface area contributed by atoms with E-state index in [1.54, 1.807) is 6.20 Å². The number of aromatic amines is 1. The molecule has 6 heteroatoms. The van der Waals surface area contributed by atoms with Gasteiger partial charge in [0.2, 0.25) is 5.95 Å². The zero-order valence-corrected chi connectivity index (χ0v) is 14.8. The smallest absolute Gasteiger partial charge is 0.224 e. The highest BCUT2D eigenvalue weighted by Gasteiger charge is 2.04. The molecule has 0 aliphatic carbocycles. The van der Waals surface area contributed by atoms with Crippen molar-refractivity contribution in [2.75, 3.05) is 17.2 Å². The molecule has 0 saturated carbocycles. The molecule has 0 spiro atoms. The summed E-state index contributed by atoms with van der Waals surface area (Å²) in [6, 6.07) is 17.6. The van der Waals surface area contributed by atoms with Crippen LogP contribution >= 0.6 is 11.6 Å². The molecule has 130 valence electrons. The van der Waals surface area contributed by atoms with Crippen molar-refractivity contribution in [2.45, 2.75) is 6.42 Å². The summed E-state index contributed by atoms with van der Waals surface area (Å²) in [4.78, 5) is 12.1. The summed E-state index contributed by atoms with van der Waals surface area (Å²) < 4.78 is 0. The second-order valence-electron chi connectivity index (χ2n) is 5.93. The molecule has 0 bridgehead atoms. The standard InChI is InChI=1S/C20H18ClN5/c21-15-5-7-16(8-6-15)25-19-10-12-23-20(26-19)22-11-9-14-13-24-18-4-2-1-3-17(14)18/h1-8,10,12-13,24H,9,11H2,(H2,22,23,25,26). The van der Waals surface area contributed by atoms with Gasteiger partial charge in [0.05, 0.1) is 0 Å². The lowest BCUT2D eigenvalue weighted by Crippen LogP contribution is -2.08. The van der Waals surface area contributed by atoms with Crippen LogP contribution < -0.4 is 10.6 Å². The van der Waals surface area contributed by atoms with E-state index in [1.807, 2.05) is 36.4 Å². The van der Waals surface area contributed by atoms with Crippen molar-refractivity contribution in [1.82, 2.24) is 15.0 Å². The molecule has 0 amide bonds. The van der Waals surface area contributed by atoms with Crippen LogP contribution in [0.4, 0.5) is 17.5 Å². The van der Waals surface area contributed by atoms with Gasteiger partial charge < -0.3 is 15.6 Å². The molecule has 26 heavy (non-hydrogen) atoms. The zero-order valence-electron chi connectivity index (χ0n) is 14.0. The molecule has 2 aromatic carbocycles. The predicted molar refractivity (Wildman–Crippen MR) is 107 cm³/mol. The number of nitrogens with zero attached hydrogens (tertiary/aromatic N) is 2. The normalized spacial score (nSPS) is 10.8. The largest absolute Gasteiger partial charge is 0.361 e. The van der Waals surface area contributed by atoms with Crippen molar-refractivity contribution < 1.29 is 0 Å². The lowest BCUT2D eigenvalue weighted by Gasteiger charge is -2.08. The van der Waals surface area contributed by atoms with E-state index >= 15 is 0 Å². The maximum atomic E-state index is 5.91. The molecule has 2 aromatic heterocycles. The maximum Gasteiger partial charge on any atom is 0.224 e. The van der Waals surface area contributed by atoms with Gasteiger partial charge in [0.1, 0.15) is 5.82 Å². The summed E-state index contributed by atoms with van der Waals surface area (Å²) in [7, 11) is 0. The number of benzene rings is 2. The van der Waals surface area contributed by atoms with Crippen LogP contribution in [0.1, 0.15) is 5.56 Å². The van der Waals surface area contributed by atoms with Crippen molar-refractivity contribution in [3.05, 3.63) is 77.6 Å². The molecule has 4 rings (SSSR count). The Morgan fingerprint density at radius 3 is 2.73 bits per heavy atom. The molecule has 0 radical (unpaired) electrons. The summed E-state index contributed by atoms with van der Waals surface area (Å²) in [6.45, 7) is 0.756. The van der Waals surface area contributed by atoms with Crippen LogP contribution in [-0.4, -0.2) is 21.5 Å². The molecular formula is C20H18ClN5. The average Bonchev–Trinajstić information content (AvgIpc) is 3.07. The highest BCUT2D eigenvalue weighted by atomic mass is 35.5. The molecule has 0 unspecified atom stereocenters. The lowest BCUT2D eigenvalue weighted by molar-refractivity contribution is 0.991. The number of nitrogens with one attached hydrogen (secondary N) is 3. The first-order valence-corrected chi connectivity index (χ1v) is 8.80. The maximum absolute atomic E-state index is 5.91. The highest BCUT2D eigenvalue weighted by molar-refractivity contribution is 6.30. The molecule has 0 saturated heterocycles. The topological polar surface area (TPSA) is 65.6 Å². The molecule has 0 atom stereocenters. The Hall–Kier alpha value is -3.05. The third kappa shape index (κ3) is 3.78. The van der Waals surface area contributed by atoms with E-state index in [0.29, 0.717) is 11.0 Å². The number of para-hydroxylation sites is 1. The van der Waals surface area contributed by atoms with Crippen LogP contribution in [0.15, 0.2) is 67.0 Å². The first-order chi connectivity index (χ1) is 12.8. The van der Waals surface area contributed by atoms with Gasteiger partial charge in [-0.1, -0.05) is 29.8 Å². The van der Waals surface area contributed by atoms with Gasteiger partial charge in [-0.25, -0.2) is 4.98 Å². The average molecular weight is 364 g/mol. The molecule has 5 nitrogen and oxygen atoms in total. The quantitative estimate of drug-likeness (QED) is 0.450. The minimum atomic E-state index is 0.601. The minimum absolute atomic E-state index is 0.601. The van der Waals surface area contributed by atoms with Crippen LogP contribution in [0.5, 0.6) is 0 Å². The van der Waals surface area contributed by atoms with Gasteiger partial charge >= 0.3 is 0 Å². The summed E-state index contributed by atoms with van der Waals surface area (Å²) in [5, 5.41) is 8.49. The van der Waals surface area contributed by atoms with Gasteiger partial charge in [0.25, 0.3) is 0 Å². The molecule has 0 aliphatic rings. The molecule has 2 heterocycles. The predicted octanol–water partition coefficient (Wildman–Crippen LogP) is 5.01. The van der Waals surface area contributed by atoms with Crippen molar-refractivity contribution in [3.8, 4) is 0 Å². The SMILES string of the molecule is Clc1ccc(Nc2ccnc(NCCc3c[nH]c4ccccc34)n2)cc1. The van der Waals surface area contributed by atoms with E-state index in [9.17, 15) is 0 Å². The lowest BCUT2D eigenvalue weighted by atomic mass is 10.1. The Morgan fingerprint density at radius 1 is 1.00 bits per heavy atom. The Kier molecular flexibility index (Phi) is 4.71. The fraction of sp³-hybridized carbons (Fsp3) is 0.100. The van der Waals surface area contributed by atoms with E-state index in [4.69, 9.17) is 11.6 Å². The van der Waals surface area contributed by atoms with Gasteiger partial charge in [0, 0.05) is 40.6 Å². The summed E-state index contributed by atoms with van der Waals surface area (Å²) >= 11 is 5.91. The van der Waals surface area contributed by atoms with Crippen molar-refractivity contribution in [2.24, 2.45) is 0 Å².